The highest BCUT2D eigenvalue weighted by molar-refractivity contribution is 7.80. The molecule has 0 radical (unpaired) electrons. The molecule has 2 rings (SSSR count). The second-order valence-electron chi connectivity index (χ2n) is 4.96. The highest BCUT2D eigenvalue weighted by Gasteiger charge is 2.31. The van der Waals surface area contributed by atoms with Crippen LogP contribution in [0.3, 0.4) is 0 Å². The lowest BCUT2D eigenvalue weighted by molar-refractivity contribution is -0.145. The number of carbonyl (C=O) groups is 1. The molecule has 1 unspecified atom stereocenters. The van der Waals surface area contributed by atoms with Crippen molar-refractivity contribution in [2.24, 2.45) is 5.73 Å². The minimum atomic E-state index is -0.301. The van der Waals surface area contributed by atoms with Crippen molar-refractivity contribution >= 4 is 40.5 Å². The number of thiocarbonyl (C=S) groups is 1. The van der Waals surface area contributed by atoms with E-state index in [9.17, 15) is 4.79 Å². The van der Waals surface area contributed by atoms with Gasteiger partial charge >= 0.3 is 5.97 Å². The number of nitrogens with two attached hydrogens (primary N) is 1. The van der Waals surface area contributed by atoms with Gasteiger partial charge in [0.15, 0.2) is 0 Å². The fourth-order valence-corrected chi connectivity index (χ4v) is 3.24. The Kier molecular flexibility index (Phi) is 5.42. The lowest BCUT2D eigenvalue weighted by Gasteiger charge is -2.37. The van der Waals surface area contributed by atoms with Crippen molar-refractivity contribution in [3.63, 3.8) is 0 Å². The predicted octanol–water partition coefficient (Wildman–Crippen LogP) is 2.90. The van der Waals surface area contributed by atoms with Crippen LogP contribution in [0.1, 0.15) is 31.7 Å². The van der Waals surface area contributed by atoms with Gasteiger partial charge in [-0.3, -0.25) is 0 Å². The molecule has 0 saturated carbocycles. The summed E-state index contributed by atoms with van der Waals surface area (Å²) in [5.41, 5.74) is 7.25. The molecule has 1 saturated heterocycles. The number of piperidine rings is 1. The largest absolute Gasteiger partial charge is 0.464 e. The van der Waals surface area contributed by atoms with E-state index in [1.807, 2.05) is 24.0 Å². The Morgan fingerprint density at radius 2 is 2.29 bits per heavy atom. The van der Waals surface area contributed by atoms with Crippen molar-refractivity contribution in [3.05, 3.63) is 28.8 Å². The topological polar surface area (TPSA) is 55.6 Å². The molecule has 1 fully saturated rings. The molecule has 0 bridgehead atoms. The molecule has 2 N–H and O–H groups in total. The number of hydrogen-bond donors (Lipinski definition) is 1. The quantitative estimate of drug-likeness (QED) is 0.681. The summed E-state index contributed by atoms with van der Waals surface area (Å²) < 4.78 is 5.19. The van der Waals surface area contributed by atoms with Crippen molar-refractivity contribution < 1.29 is 9.53 Å². The van der Waals surface area contributed by atoms with Gasteiger partial charge in [0, 0.05) is 12.2 Å². The van der Waals surface area contributed by atoms with Gasteiger partial charge in [-0.2, -0.15) is 0 Å². The summed E-state index contributed by atoms with van der Waals surface area (Å²) in [5, 5.41) is 0.508. The van der Waals surface area contributed by atoms with E-state index in [1.165, 1.54) is 0 Å². The SMILES string of the molecule is CCOC(=O)C1CCCCN1c1cccc(Cl)c1C(N)=S. The lowest BCUT2D eigenvalue weighted by atomic mass is 9.99. The number of nitrogens with zero attached hydrogens (tertiary/aromatic N) is 1. The van der Waals surface area contributed by atoms with Crippen LogP contribution in [0.4, 0.5) is 5.69 Å². The zero-order valence-corrected chi connectivity index (χ0v) is 13.5. The number of rotatable bonds is 4. The van der Waals surface area contributed by atoms with Crippen LogP contribution in [0.25, 0.3) is 0 Å². The van der Waals surface area contributed by atoms with Crippen molar-refractivity contribution in [2.45, 2.75) is 32.2 Å². The van der Waals surface area contributed by atoms with Gasteiger partial charge in [-0.1, -0.05) is 29.9 Å². The first kappa shape index (κ1) is 16.0. The average molecular weight is 327 g/mol. The van der Waals surface area contributed by atoms with Crippen LogP contribution < -0.4 is 10.6 Å². The van der Waals surface area contributed by atoms with E-state index in [0.717, 1.165) is 31.5 Å². The molecule has 1 heterocycles. The normalized spacial score (nSPS) is 18.4. The van der Waals surface area contributed by atoms with E-state index in [1.54, 1.807) is 6.07 Å². The van der Waals surface area contributed by atoms with E-state index in [-0.39, 0.29) is 17.0 Å². The maximum absolute atomic E-state index is 12.2. The molecule has 0 amide bonds. The molecule has 114 valence electrons. The third-order valence-corrected chi connectivity index (χ3v) is 4.13. The monoisotopic (exact) mass is 326 g/mol. The van der Waals surface area contributed by atoms with Crippen LogP contribution in [-0.2, 0) is 9.53 Å². The summed E-state index contributed by atoms with van der Waals surface area (Å²) >= 11 is 11.3. The smallest absolute Gasteiger partial charge is 0.328 e. The zero-order chi connectivity index (χ0) is 15.4. The molecule has 6 heteroatoms. The second kappa shape index (κ2) is 7.09. The van der Waals surface area contributed by atoms with Crippen molar-refractivity contribution in [1.29, 1.82) is 0 Å². The first-order valence-electron chi connectivity index (χ1n) is 7.07. The van der Waals surface area contributed by atoms with Gasteiger partial charge in [0.2, 0.25) is 0 Å². The van der Waals surface area contributed by atoms with E-state index >= 15 is 0 Å². The number of benzene rings is 1. The molecule has 1 aliphatic heterocycles. The van der Waals surface area contributed by atoms with Crippen LogP contribution in [0.2, 0.25) is 5.02 Å². The van der Waals surface area contributed by atoms with Gasteiger partial charge in [0.1, 0.15) is 11.0 Å². The summed E-state index contributed by atoms with van der Waals surface area (Å²) in [7, 11) is 0. The van der Waals surface area contributed by atoms with Gasteiger partial charge in [0.05, 0.1) is 17.2 Å². The Hall–Kier alpha value is -1.33. The van der Waals surface area contributed by atoms with Crippen molar-refractivity contribution in [3.8, 4) is 0 Å². The number of esters is 1. The number of halogens is 1. The minimum Gasteiger partial charge on any atom is -0.464 e. The van der Waals surface area contributed by atoms with Gasteiger partial charge in [-0.05, 0) is 38.3 Å². The molecule has 1 aromatic carbocycles. The Bertz CT molecular complexity index is 550. The molecule has 21 heavy (non-hydrogen) atoms. The Morgan fingerprint density at radius 3 is 2.95 bits per heavy atom. The third kappa shape index (κ3) is 3.47. The fraction of sp³-hybridized carbons (Fsp3) is 0.467. The van der Waals surface area contributed by atoms with E-state index in [0.29, 0.717) is 17.2 Å². The molecule has 1 aliphatic rings. The lowest BCUT2D eigenvalue weighted by Crippen LogP contribution is -2.46. The number of ether oxygens (including phenoxy) is 1. The maximum Gasteiger partial charge on any atom is 0.328 e. The second-order valence-corrected chi connectivity index (χ2v) is 5.80. The summed E-state index contributed by atoms with van der Waals surface area (Å²) in [4.78, 5) is 14.4. The molecule has 0 aromatic heterocycles. The Balaban J connectivity index is 2.40. The molecular weight excluding hydrogens is 308 g/mol. The van der Waals surface area contributed by atoms with Crippen LogP contribution in [0.5, 0.6) is 0 Å². The van der Waals surface area contributed by atoms with Gasteiger partial charge in [0.25, 0.3) is 0 Å². The summed E-state index contributed by atoms with van der Waals surface area (Å²) in [6.45, 7) is 2.95. The predicted molar refractivity (Wildman–Crippen MR) is 89.0 cm³/mol. The third-order valence-electron chi connectivity index (χ3n) is 3.61. The van der Waals surface area contributed by atoms with E-state index in [4.69, 9.17) is 34.3 Å². The first-order chi connectivity index (χ1) is 10.1. The molecule has 0 spiro atoms. The zero-order valence-electron chi connectivity index (χ0n) is 12.0. The molecule has 1 atom stereocenters. The first-order valence-corrected chi connectivity index (χ1v) is 7.86. The van der Waals surface area contributed by atoms with Crippen LogP contribution >= 0.6 is 23.8 Å². The molecule has 1 aromatic rings. The highest BCUT2D eigenvalue weighted by Crippen LogP contribution is 2.32. The standard InChI is InChI=1S/C15H19ClN2O2S/c1-2-20-15(19)12-7-3-4-9-18(12)11-8-5-6-10(16)13(11)14(17)21/h5-6,8,12H,2-4,7,9H2,1H3,(H2,17,21). The summed E-state index contributed by atoms with van der Waals surface area (Å²) in [5.74, 6) is -0.203. The summed E-state index contributed by atoms with van der Waals surface area (Å²) in [6, 6.07) is 5.20. The summed E-state index contributed by atoms with van der Waals surface area (Å²) in [6.07, 6.45) is 2.78. The number of carbonyl (C=O) groups excluding carboxylic acids is 1. The van der Waals surface area contributed by atoms with Crippen molar-refractivity contribution in [1.82, 2.24) is 0 Å². The molecule has 4 nitrogen and oxygen atoms in total. The Labute approximate surface area is 135 Å². The van der Waals surface area contributed by atoms with E-state index in [2.05, 4.69) is 0 Å². The molecular formula is C15H19ClN2O2S. The Morgan fingerprint density at radius 1 is 1.52 bits per heavy atom. The van der Waals surface area contributed by atoms with Gasteiger partial charge < -0.3 is 15.4 Å². The fourth-order valence-electron chi connectivity index (χ4n) is 2.70. The highest BCUT2D eigenvalue weighted by atomic mass is 35.5. The van der Waals surface area contributed by atoms with E-state index < -0.39 is 0 Å². The van der Waals surface area contributed by atoms with Crippen LogP contribution in [0.15, 0.2) is 18.2 Å². The maximum atomic E-state index is 12.2. The number of hydrogen-bond acceptors (Lipinski definition) is 4. The van der Waals surface area contributed by atoms with Crippen LogP contribution in [-0.4, -0.2) is 30.2 Å². The average Bonchev–Trinajstić information content (AvgIpc) is 2.47. The van der Waals surface area contributed by atoms with Crippen LogP contribution in [0, 0.1) is 0 Å². The van der Waals surface area contributed by atoms with Gasteiger partial charge in [-0.25, -0.2) is 4.79 Å². The van der Waals surface area contributed by atoms with Gasteiger partial charge in [-0.15, -0.1) is 0 Å². The molecule has 0 aliphatic carbocycles. The number of anilines is 1. The minimum absolute atomic E-state index is 0.203. The van der Waals surface area contributed by atoms with Crippen molar-refractivity contribution in [2.75, 3.05) is 18.1 Å².